The lowest BCUT2D eigenvalue weighted by Gasteiger charge is -2.37. The van der Waals surface area contributed by atoms with Crippen LogP contribution in [0.1, 0.15) is 40.2 Å². The van der Waals surface area contributed by atoms with Gasteiger partial charge in [0, 0.05) is 12.5 Å². The minimum Gasteiger partial charge on any atom is -0.457 e. The van der Waals surface area contributed by atoms with Crippen molar-refractivity contribution in [1.82, 2.24) is 19.5 Å². The first kappa shape index (κ1) is 38.3. The summed E-state index contributed by atoms with van der Waals surface area (Å²) < 4.78 is 91.6. The number of nitrogens with one attached hydrogen (secondary N) is 1. The van der Waals surface area contributed by atoms with E-state index < -0.39 is 64.3 Å². The van der Waals surface area contributed by atoms with Crippen molar-refractivity contribution in [3.63, 3.8) is 0 Å². The molecular weight excluding hydrogens is 756 g/mol. The van der Waals surface area contributed by atoms with Crippen LogP contribution in [0, 0.1) is 0 Å². The van der Waals surface area contributed by atoms with E-state index >= 15 is 0 Å². The minimum atomic E-state index is -6.31. The van der Waals surface area contributed by atoms with E-state index in [2.05, 4.69) is 20.3 Å². The number of alkyl halides is 3. The average molecular weight is 788 g/mol. The van der Waals surface area contributed by atoms with Crippen molar-refractivity contribution in [2.45, 2.75) is 42.6 Å². The van der Waals surface area contributed by atoms with Crippen LogP contribution in [0.5, 0.6) is 0 Å². The fourth-order valence-electron chi connectivity index (χ4n) is 6.58. The summed E-state index contributed by atoms with van der Waals surface area (Å²) in [6, 6.07) is 35.6. The molecule has 0 bridgehead atoms. The van der Waals surface area contributed by atoms with Gasteiger partial charge in [-0.25, -0.2) is 15.0 Å². The van der Waals surface area contributed by atoms with Gasteiger partial charge in [0.2, 0.25) is 0 Å². The zero-order valence-corrected chi connectivity index (χ0v) is 30.1. The molecule has 4 aromatic carbocycles. The number of carbonyl (C=O) groups excluding carboxylic acids is 2. The third kappa shape index (κ3) is 7.48. The van der Waals surface area contributed by atoms with Crippen molar-refractivity contribution in [1.29, 1.82) is 0 Å². The number of carbonyl (C=O) groups is 2. The normalized spacial score (nSPS) is 18.8. The number of halogens is 3. The molecule has 4 atom stereocenters. The van der Waals surface area contributed by atoms with Gasteiger partial charge in [0.25, 0.3) is 5.91 Å². The summed E-state index contributed by atoms with van der Waals surface area (Å²) in [5.74, 6) is -1.57. The summed E-state index contributed by atoms with van der Waals surface area (Å²) in [6.45, 7) is 0.531. The topological polar surface area (TPSA) is 161 Å². The molecule has 0 saturated carbocycles. The van der Waals surface area contributed by atoms with Crippen molar-refractivity contribution in [3.05, 3.63) is 156 Å². The second kappa shape index (κ2) is 15.6. The van der Waals surface area contributed by atoms with Gasteiger partial charge in [-0.1, -0.05) is 109 Å². The molecule has 0 spiro atoms. The van der Waals surface area contributed by atoms with Crippen LogP contribution in [0.3, 0.4) is 0 Å². The molecule has 0 radical (unpaired) electrons. The van der Waals surface area contributed by atoms with Crippen LogP contribution in [0.25, 0.3) is 11.2 Å². The van der Waals surface area contributed by atoms with Crippen LogP contribution in [-0.4, -0.2) is 70.2 Å². The molecule has 13 nitrogen and oxygen atoms in total. The lowest BCUT2D eigenvalue weighted by Crippen LogP contribution is -2.44. The molecule has 0 unspecified atom stereocenters. The highest BCUT2D eigenvalue weighted by atomic mass is 32.2. The van der Waals surface area contributed by atoms with Crippen LogP contribution in [0.15, 0.2) is 134 Å². The number of hydrogen-bond donors (Lipinski definition) is 1. The van der Waals surface area contributed by atoms with E-state index in [1.165, 1.54) is 0 Å². The number of rotatable bonds is 12. The van der Waals surface area contributed by atoms with E-state index in [9.17, 15) is 31.2 Å². The Morgan fingerprint density at radius 1 is 0.786 bits per heavy atom. The van der Waals surface area contributed by atoms with Crippen molar-refractivity contribution in [2.75, 3.05) is 11.9 Å². The molecule has 2 aromatic heterocycles. The van der Waals surface area contributed by atoms with Gasteiger partial charge in [0.15, 0.2) is 35.4 Å². The zero-order valence-electron chi connectivity index (χ0n) is 29.3. The Kier molecular flexibility index (Phi) is 10.7. The fourth-order valence-corrected chi connectivity index (χ4v) is 7.18. The first-order chi connectivity index (χ1) is 26.9. The molecule has 1 N–H and O–H groups in total. The van der Waals surface area contributed by atoms with Crippen LogP contribution < -0.4 is 5.32 Å². The van der Waals surface area contributed by atoms with Crippen molar-refractivity contribution in [2.24, 2.45) is 0 Å². The van der Waals surface area contributed by atoms with E-state index in [0.29, 0.717) is 22.3 Å². The van der Waals surface area contributed by atoms with E-state index in [1.807, 2.05) is 91.0 Å². The van der Waals surface area contributed by atoms with Crippen LogP contribution in [-0.2, 0) is 38.9 Å². The molecule has 1 amide bonds. The maximum Gasteiger partial charge on any atom is 0.523 e. The predicted octanol–water partition coefficient (Wildman–Crippen LogP) is 6.15. The highest BCUT2D eigenvalue weighted by molar-refractivity contribution is 7.87. The summed E-state index contributed by atoms with van der Waals surface area (Å²) in [4.78, 5) is 38.2. The van der Waals surface area contributed by atoms with Crippen LogP contribution in [0.2, 0.25) is 0 Å². The standard InChI is InChI=1S/C39H32F3N5O8S/c1-25(48)53-32-30(22-52-38(27-16-8-3-9-17-27,28-18-10-4-11-19-28)29-20-12-5-13-21-29)54-37(33(32)55-56(50,51)39(40,41)42)47-24-45-31-34(43-23-44-35(31)47)46-36(49)26-14-6-2-7-15-26/h2-21,23-24,30,32-33,37H,22H2,1H3,(H,43,44,46,49)/t30-,32-,33-,37-/m1/s1. The van der Waals surface area contributed by atoms with Crippen LogP contribution in [0.4, 0.5) is 19.0 Å². The molecule has 6 aromatic rings. The van der Waals surface area contributed by atoms with E-state index in [1.54, 1.807) is 30.3 Å². The maximum absolute atomic E-state index is 13.9. The van der Waals surface area contributed by atoms with Crippen molar-refractivity contribution >= 4 is 39.0 Å². The van der Waals surface area contributed by atoms with Gasteiger partial charge in [-0.05, 0) is 28.8 Å². The number of aromatic nitrogens is 4. The van der Waals surface area contributed by atoms with Gasteiger partial charge < -0.3 is 19.5 Å². The average Bonchev–Trinajstić information content (AvgIpc) is 3.77. The number of imidazole rings is 1. The Morgan fingerprint density at radius 3 is 1.84 bits per heavy atom. The Hall–Kier alpha value is -6.01. The smallest absolute Gasteiger partial charge is 0.457 e. The number of nitrogens with zero attached hydrogens (tertiary/aromatic N) is 4. The molecule has 7 rings (SSSR count). The lowest BCUT2D eigenvalue weighted by molar-refractivity contribution is -0.155. The molecule has 56 heavy (non-hydrogen) atoms. The highest BCUT2D eigenvalue weighted by Crippen LogP contribution is 2.44. The number of anilines is 1. The summed E-state index contributed by atoms with van der Waals surface area (Å²) in [5, 5.41) is 2.63. The molecule has 288 valence electrons. The van der Waals surface area contributed by atoms with Gasteiger partial charge in [0.05, 0.1) is 12.9 Å². The summed E-state index contributed by atoms with van der Waals surface area (Å²) in [7, 11) is -6.31. The van der Waals surface area contributed by atoms with Crippen LogP contribution >= 0.6 is 0 Å². The first-order valence-electron chi connectivity index (χ1n) is 17.1. The Balaban J connectivity index is 1.32. The molecule has 1 fully saturated rings. The first-order valence-corrected chi connectivity index (χ1v) is 18.5. The molecule has 0 aliphatic carbocycles. The molecule has 1 aliphatic heterocycles. The van der Waals surface area contributed by atoms with Gasteiger partial charge in [-0.3, -0.25) is 18.3 Å². The molecular formula is C39H32F3N5O8S. The van der Waals surface area contributed by atoms with Gasteiger partial charge >= 0.3 is 21.6 Å². The van der Waals surface area contributed by atoms with Crippen molar-refractivity contribution < 1.29 is 49.6 Å². The zero-order chi connectivity index (χ0) is 39.5. The van der Waals surface area contributed by atoms with E-state index in [0.717, 1.165) is 24.1 Å². The Morgan fingerprint density at radius 2 is 1.32 bits per heavy atom. The quantitative estimate of drug-likeness (QED) is 0.0656. The second-order valence-corrected chi connectivity index (χ2v) is 14.1. The third-order valence-corrected chi connectivity index (χ3v) is 10.1. The number of amides is 1. The number of benzene rings is 4. The highest BCUT2D eigenvalue weighted by Gasteiger charge is 2.57. The SMILES string of the molecule is CC(=O)O[C@H]1[C@@H](OS(=O)(=O)C(F)(F)F)[C@H](n2cnc3c(NC(=O)c4ccccc4)ncnc32)O[C@@H]1COC(c1ccccc1)(c1ccccc1)c1ccccc1. The van der Waals surface area contributed by atoms with Gasteiger partial charge in [-0.15, -0.1) is 0 Å². The Labute approximate surface area is 318 Å². The van der Waals surface area contributed by atoms with Gasteiger partial charge in [0.1, 0.15) is 18.0 Å². The number of ether oxygens (including phenoxy) is 3. The minimum absolute atomic E-state index is 0.0159. The number of esters is 1. The molecule has 1 aliphatic rings. The maximum atomic E-state index is 13.9. The monoisotopic (exact) mass is 787 g/mol. The fraction of sp³-hybridized carbons (Fsp3) is 0.205. The molecule has 17 heteroatoms. The molecule has 1 saturated heterocycles. The largest absolute Gasteiger partial charge is 0.523 e. The van der Waals surface area contributed by atoms with E-state index in [-0.39, 0.29) is 17.0 Å². The number of fused-ring (bicyclic) bond motifs is 1. The van der Waals surface area contributed by atoms with Crippen molar-refractivity contribution in [3.8, 4) is 0 Å². The summed E-state index contributed by atoms with van der Waals surface area (Å²) in [6.07, 6.45) is -4.96. The second-order valence-electron chi connectivity index (χ2n) is 12.6. The Bertz CT molecular complexity index is 2330. The summed E-state index contributed by atoms with van der Waals surface area (Å²) >= 11 is 0. The van der Waals surface area contributed by atoms with Gasteiger partial charge in [-0.2, -0.15) is 21.6 Å². The molecule has 3 heterocycles. The number of hydrogen-bond acceptors (Lipinski definition) is 11. The third-order valence-electron chi connectivity index (χ3n) is 9.01. The van der Waals surface area contributed by atoms with E-state index in [4.69, 9.17) is 18.4 Å². The lowest BCUT2D eigenvalue weighted by atomic mass is 9.80. The summed E-state index contributed by atoms with van der Waals surface area (Å²) in [5.41, 5.74) is -5.00. The predicted molar refractivity (Wildman–Crippen MR) is 194 cm³/mol.